The molecule has 2 heteroatoms. The molecule has 0 saturated carbocycles. The first kappa shape index (κ1) is 10.0. The van der Waals surface area contributed by atoms with Gasteiger partial charge in [-0.2, -0.15) is 0 Å². The minimum atomic E-state index is 0.421. The van der Waals surface area contributed by atoms with E-state index in [-0.39, 0.29) is 0 Å². The zero-order valence-corrected chi connectivity index (χ0v) is 8.96. The average molecular weight is 211 g/mol. The largest absolute Gasteiger partial charge is 0.378 e. The van der Waals surface area contributed by atoms with Crippen LogP contribution in [0.4, 0.5) is 0 Å². The van der Waals surface area contributed by atoms with Gasteiger partial charge in [-0.15, -0.1) is 0 Å². The van der Waals surface area contributed by atoms with E-state index in [2.05, 4.69) is 12.1 Å². The van der Waals surface area contributed by atoms with E-state index in [0.29, 0.717) is 6.10 Å². The van der Waals surface area contributed by atoms with Crippen LogP contribution in [0.15, 0.2) is 24.3 Å². The Balaban J connectivity index is 1.92. The zero-order valence-electron chi connectivity index (χ0n) is 8.21. The van der Waals surface area contributed by atoms with Crippen molar-refractivity contribution in [3.63, 3.8) is 0 Å². The van der Waals surface area contributed by atoms with E-state index in [0.717, 1.165) is 18.1 Å². The van der Waals surface area contributed by atoms with Gasteiger partial charge in [0.15, 0.2) is 0 Å². The summed E-state index contributed by atoms with van der Waals surface area (Å²) in [5.74, 6) is 0. The SMILES string of the molecule is Clc1ccc(CC2CCCCO2)cc1. The topological polar surface area (TPSA) is 9.23 Å². The average Bonchev–Trinajstić information content (AvgIpc) is 2.23. The Morgan fingerprint density at radius 3 is 2.64 bits per heavy atom. The van der Waals surface area contributed by atoms with Crippen molar-refractivity contribution in [3.05, 3.63) is 34.9 Å². The summed E-state index contributed by atoms with van der Waals surface area (Å²) in [7, 11) is 0. The monoisotopic (exact) mass is 210 g/mol. The van der Waals surface area contributed by atoms with Gasteiger partial charge in [-0.05, 0) is 43.4 Å². The van der Waals surface area contributed by atoms with Gasteiger partial charge in [0.05, 0.1) is 6.10 Å². The zero-order chi connectivity index (χ0) is 9.80. The van der Waals surface area contributed by atoms with Crippen LogP contribution in [0.25, 0.3) is 0 Å². The van der Waals surface area contributed by atoms with Gasteiger partial charge in [-0.3, -0.25) is 0 Å². The van der Waals surface area contributed by atoms with Crippen molar-refractivity contribution >= 4 is 11.6 Å². The molecule has 1 aromatic rings. The molecule has 0 amide bonds. The lowest BCUT2D eigenvalue weighted by Gasteiger charge is -2.22. The molecule has 1 aromatic carbocycles. The van der Waals surface area contributed by atoms with Crippen LogP contribution in [0, 0.1) is 0 Å². The van der Waals surface area contributed by atoms with Gasteiger partial charge in [0, 0.05) is 11.6 Å². The van der Waals surface area contributed by atoms with Crippen LogP contribution >= 0.6 is 11.6 Å². The summed E-state index contributed by atoms with van der Waals surface area (Å²) in [5, 5.41) is 0.804. The third-order valence-corrected chi connectivity index (χ3v) is 2.90. The first-order chi connectivity index (χ1) is 6.84. The third-order valence-electron chi connectivity index (χ3n) is 2.65. The van der Waals surface area contributed by atoms with E-state index in [4.69, 9.17) is 16.3 Å². The molecule has 0 aliphatic carbocycles. The highest BCUT2D eigenvalue weighted by Gasteiger charge is 2.13. The molecule has 14 heavy (non-hydrogen) atoms. The number of rotatable bonds is 2. The van der Waals surface area contributed by atoms with Gasteiger partial charge in [-0.1, -0.05) is 23.7 Å². The molecule has 2 rings (SSSR count). The van der Waals surface area contributed by atoms with Gasteiger partial charge in [0.25, 0.3) is 0 Å². The number of halogens is 1. The lowest BCUT2D eigenvalue weighted by molar-refractivity contribution is 0.0168. The minimum absolute atomic E-state index is 0.421. The fourth-order valence-electron chi connectivity index (χ4n) is 1.85. The highest BCUT2D eigenvalue weighted by Crippen LogP contribution is 2.18. The Hall–Kier alpha value is -0.530. The molecule has 0 aromatic heterocycles. The molecule has 1 fully saturated rings. The Labute approximate surface area is 90.0 Å². The molecule has 1 nitrogen and oxygen atoms in total. The highest BCUT2D eigenvalue weighted by atomic mass is 35.5. The Kier molecular flexibility index (Phi) is 3.44. The second-order valence-corrected chi connectivity index (χ2v) is 4.26. The summed E-state index contributed by atoms with van der Waals surface area (Å²) < 4.78 is 5.68. The van der Waals surface area contributed by atoms with Crippen LogP contribution in [0.5, 0.6) is 0 Å². The van der Waals surface area contributed by atoms with Crippen LogP contribution < -0.4 is 0 Å². The lowest BCUT2D eigenvalue weighted by atomic mass is 10.0. The maximum absolute atomic E-state index is 5.82. The van der Waals surface area contributed by atoms with Crippen molar-refractivity contribution in [2.45, 2.75) is 31.8 Å². The van der Waals surface area contributed by atoms with Crippen LogP contribution in [-0.2, 0) is 11.2 Å². The van der Waals surface area contributed by atoms with Crippen LogP contribution in [0.1, 0.15) is 24.8 Å². The van der Waals surface area contributed by atoms with Crippen molar-refractivity contribution in [1.82, 2.24) is 0 Å². The van der Waals surface area contributed by atoms with Crippen molar-refractivity contribution in [1.29, 1.82) is 0 Å². The van der Waals surface area contributed by atoms with Crippen LogP contribution in [0.2, 0.25) is 5.02 Å². The van der Waals surface area contributed by atoms with Crippen LogP contribution in [-0.4, -0.2) is 12.7 Å². The van der Waals surface area contributed by atoms with Crippen molar-refractivity contribution in [3.8, 4) is 0 Å². The fraction of sp³-hybridized carbons (Fsp3) is 0.500. The standard InChI is InChI=1S/C12H15ClO/c13-11-6-4-10(5-7-11)9-12-3-1-2-8-14-12/h4-7,12H,1-3,8-9H2. The number of ether oxygens (including phenoxy) is 1. The van der Waals surface area contributed by atoms with Crippen LogP contribution in [0.3, 0.4) is 0 Å². The molecule has 0 radical (unpaired) electrons. The summed E-state index contributed by atoms with van der Waals surface area (Å²) in [6.45, 7) is 0.929. The van der Waals surface area contributed by atoms with E-state index in [9.17, 15) is 0 Å². The van der Waals surface area contributed by atoms with Crippen molar-refractivity contribution in [2.75, 3.05) is 6.61 Å². The quantitative estimate of drug-likeness (QED) is 0.727. The molecule has 1 heterocycles. The summed E-state index contributed by atoms with van der Waals surface area (Å²) in [4.78, 5) is 0. The van der Waals surface area contributed by atoms with Gasteiger partial charge >= 0.3 is 0 Å². The molecule has 1 atom stereocenters. The molecule has 0 bridgehead atoms. The molecule has 1 aliphatic rings. The molecular weight excluding hydrogens is 196 g/mol. The molecule has 1 unspecified atom stereocenters. The minimum Gasteiger partial charge on any atom is -0.378 e. The van der Waals surface area contributed by atoms with Gasteiger partial charge in [0.1, 0.15) is 0 Å². The molecule has 76 valence electrons. The summed E-state index contributed by atoms with van der Waals surface area (Å²) in [5.41, 5.74) is 1.32. The molecule has 0 N–H and O–H groups in total. The first-order valence-corrected chi connectivity index (χ1v) is 5.58. The normalized spacial score (nSPS) is 22.2. The Bertz CT molecular complexity index is 275. The number of hydrogen-bond acceptors (Lipinski definition) is 1. The first-order valence-electron chi connectivity index (χ1n) is 5.20. The van der Waals surface area contributed by atoms with Gasteiger partial charge in [0.2, 0.25) is 0 Å². The molecule has 1 saturated heterocycles. The van der Waals surface area contributed by atoms with E-state index < -0.39 is 0 Å². The van der Waals surface area contributed by atoms with Crippen molar-refractivity contribution < 1.29 is 4.74 Å². The third kappa shape index (κ3) is 2.73. The molecule has 1 aliphatic heterocycles. The predicted molar refractivity (Wildman–Crippen MR) is 58.7 cm³/mol. The Morgan fingerprint density at radius 2 is 2.00 bits per heavy atom. The predicted octanol–water partition coefficient (Wildman–Crippen LogP) is 3.45. The smallest absolute Gasteiger partial charge is 0.0615 e. The van der Waals surface area contributed by atoms with E-state index in [1.807, 2.05) is 12.1 Å². The molecular formula is C12H15ClO. The highest BCUT2D eigenvalue weighted by molar-refractivity contribution is 6.30. The summed E-state index contributed by atoms with van der Waals surface area (Å²) >= 11 is 5.82. The maximum atomic E-state index is 5.82. The van der Waals surface area contributed by atoms with E-state index in [1.54, 1.807) is 0 Å². The number of hydrogen-bond donors (Lipinski definition) is 0. The summed E-state index contributed by atoms with van der Waals surface area (Å²) in [6.07, 6.45) is 5.17. The fourth-order valence-corrected chi connectivity index (χ4v) is 1.98. The van der Waals surface area contributed by atoms with Crippen molar-refractivity contribution in [2.24, 2.45) is 0 Å². The number of benzene rings is 1. The van der Waals surface area contributed by atoms with E-state index in [1.165, 1.54) is 24.8 Å². The Morgan fingerprint density at radius 1 is 1.21 bits per heavy atom. The van der Waals surface area contributed by atoms with Gasteiger partial charge in [-0.25, -0.2) is 0 Å². The second-order valence-electron chi connectivity index (χ2n) is 3.82. The molecule has 0 spiro atoms. The summed E-state index contributed by atoms with van der Waals surface area (Å²) in [6, 6.07) is 8.06. The lowest BCUT2D eigenvalue weighted by Crippen LogP contribution is -2.21. The maximum Gasteiger partial charge on any atom is 0.0615 e. The second kappa shape index (κ2) is 4.81. The van der Waals surface area contributed by atoms with Gasteiger partial charge < -0.3 is 4.74 Å². The van der Waals surface area contributed by atoms with E-state index >= 15 is 0 Å².